The molecule has 54 heavy (non-hydrogen) atoms. The molecule has 0 saturated heterocycles. The molecule has 0 atom stereocenters. The van der Waals surface area contributed by atoms with Gasteiger partial charge in [-0.2, -0.15) is 9.97 Å². The molecular formula is C49H34N4O. The first-order valence-electron chi connectivity index (χ1n) is 18.5. The Kier molecular flexibility index (Phi) is 7.51. The summed E-state index contributed by atoms with van der Waals surface area (Å²) < 4.78 is 8.78. The standard InChI is InChI=1S/C47H28N4O.C2H6/c1-3-14-31(15-4-1)45-48-46(32-16-5-2-6-17-32)50-47(49-45)51-39-26-23-29-12-7-9-18-34(29)42(39)38-21-11-20-36(44(38)51)33-22-25-37-41(28-33)52-40-27-24-30-13-8-10-19-35(30)43(37)40;1-2/h1-28H;1-2H3. The van der Waals surface area contributed by atoms with Crippen molar-refractivity contribution < 1.29 is 4.42 Å². The quantitative estimate of drug-likeness (QED) is 0.184. The number of para-hydroxylation sites is 1. The third-order valence-electron chi connectivity index (χ3n) is 10.2. The van der Waals surface area contributed by atoms with Crippen molar-refractivity contribution >= 4 is 65.3 Å². The van der Waals surface area contributed by atoms with Crippen molar-refractivity contribution in [3.63, 3.8) is 0 Å². The summed E-state index contributed by atoms with van der Waals surface area (Å²) >= 11 is 0. The molecule has 0 unspecified atom stereocenters. The number of nitrogens with zero attached hydrogens (tertiary/aromatic N) is 4. The number of hydrogen-bond donors (Lipinski definition) is 0. The molecule has 256 valence electrons. The predicted octanol–water partition coefficient (Wildman–Crippen LogP) is 13.2. The van der Waals surface area contributed by atoms with Gasteiger partial charge in [-0.25, -0.2) is 4.98 Å². The van der Waals surface area contributed by atoms with Crippen molar-refractivity contribution in [2.75, 3.05) is 0 Å². The van der Waals surface area contributed by atoms with Gasteiger partial charge < -0.3 is 4.42 Å². The van der Waals surface area contributed by atoms with E-state index in [2.05, 4.69) is 114 Å². The molecule has 0 bridgehead atoms. The van der Waals surface area contributed by atoms with E-state index in [4.69, 9.17) is 19.4 Å². The van der Waals surface area contributed by atoms with Gasteiger partial charge in [0.2, 0.25) is 5.95 Å². The van der Waals surface area contributed by atoms with Gasteiger partial charge in [0.25, 0.3) is 0 Å². The van der Waals surface area contributed by atoms with Gasteiger partial charge in [0.05, 0.1) is 11.0 Å². The van der Waals surface area contributed by atoms with Crippen LogP contribution in [0.1, 0.15) is 13.8 Å². The minimum Gasteiger partial charge on any atom is -0.456 e. The van der Waals surface area contributed by atoms with E-state index >= 15 is 0 Å². The Labute approximate surface area is 311 Å². The lowest BCUT2D eigenvalue weighted by atomic mass is 9.98. The van der Waals surface area contributed by atoms with Crippen LogP contribution in [0.5, 0.6) is 0 Å². The topological polar surface area (TPSA) is 56.7 Å². The second kappa shape index (κ2) is 12.8. The average molecular weight is 695 g/mol. The van der Waals surface area contributed by atoms with Crippen LogP contribution >= 0.6 is 0 Å². The molecule has 0 spiro atoms. The minimum atomic E-state index is 0.562. The first-order valence-corrected chi connectivity index (χ1v) is 18.5. The zero-order valence-corrected chi connectivity index (χ0v) is 29.9. The molecule has 5 heteroatoms. The summed E-state index contributed by atoms with van der Waals surface area (Å²) in [5.41, 5.74) is 7.77. The van der Waals surface area contributed by atoms with Gasteiger partial charge in [-0.15, -0.1) is 0 Å². The maximum atomic E-state index is 6.56. The molecule has 0 amide bonds. The highest BCUT2D eigenvalue weighted by molar-refractivity contribution is 6.24. The summed E-state index contributed by atoms with van der Waals surface area (Å²) in [5.74, 6) is 1.80. The van der Waals surface area contributed by atoms with E-state index in [9.17, 15) is 0 Å². The van der Waals surface area contributed by atoms with Crippen LogP contribution in [0.3, 0.4) is 0 Å². The summed E-state index contributed by atoms with van der Waals surface area (Å²) in [5, 5.41) is 9.29. The number of fused-ring (bicyclic) bond motifs is 10. The Hall–Kier alpha value is -7.11. The fourth-order valence-corrected chi connectivity index (χ4v) is 7.89. The number of rotatable bonds is 4. The van der Waals surface area contributed by atoms with Crippen LogP contribution in [0.2, 0.25) is 0 Å². The van der Waals surface area contributed by atoms with E-state index in [1.165, 1.54) is 21.5 Å². The second-order valence-electron chi connectivity index (χ2n) is 13.2. The molecule has 11 rings (SSSR count). The van der Waals surface area contributed by atoms with E-state index < -0.39 is 0 Å². The van der Waals surface area contributed by atoms with Crippen LogP contribution in [-0.2, 0) is 0 Å². The predicted molar refractivity (Wildman–Crippen MR) is 224 cm³/mol. The number of hydrogen-bond acceptors (Lipinski definition) is 4. The van der Waals surface area contributed by atoms with E-state index in [0.29, 0.717) is 17.6 Å². The number of furan rings is 1. The Bertz CT molecular complexity index is 3120. The first kappa shape index (κ1) is 31.6. The highest BCUT2D eigenvalue weighted by Gasteiger charge is 2.22. The fraction of sp³-hybridized carbons (Fsp3) is 0.0408. The molecule has 0 radical (unpaired) electrons. The van der Waals surface area contributed by atoms with Crippen molar-refractivity contribution in [1.29, 1.82) is 0 Å². The highest BCUT2D eigenvalue weighted by atomic mass is 16.3. The molecule has 3 heterocycles. The van der Waals surface area contributed by atoms with Crippen molar-refractivity contribution in [3.05, 3.63) is 170 Å². The number of aromatic nitrogens is 4. The largest absolute Gasteiger partial charge is 0.456 e. The van der Waals surface area contributed by atoms with Gasteiger partial charge in [-0.3, -0.25) is 4.57 Å². The lowest BCUT2D eigenvalue weighted by molar-refractivity contribution is 0.669. The van der Waals surface area contributed by atoms with Crippen LogP contribution in [0.25, 0.3) is 105 Å². The lowest BCUT2D eigenvalue weighted by Crippen LogP contribution is -2.07. The summed E-state index contributed by atoms with van der Waals surface area (Å²) in [6.07, 6.45) is 0. The molecule has 8 aromatic carbocycles. The van der Waals surface area contributed by atoms with Gasteiger partial charge in [0.15, 0.2) is 11.6 Å². The summed E-state index contributed by atoms with van der Waals surface area (Å²) in [6.45, 7) is 4.00. The highest BCUT2D eigenvalue weighted by Crippen LogP contribution is 2.43. The maximum absolute atomic E-state index is 6.56. The van der Waals surface area contributed by atoms with E-state index in [0.717, 1.165) is 66.0 Å². The van der Waals surface area contributed by atoms with Crippen molar-refractivity contribution in [2.24, 2.45) is 0 Å². The number of benzene rings is 8. The smallest absolute Gasteiger partial charge is 0.238 e. The Morgan fingerprint density at radius 1 is 0.426 bits per heavy atom. The molecule has 0 aliphatic carbocycles. The van der Waals surface area contributed by atoms with Crippen LogP contribution < -0.4 is 0 Å². The maximum Gasteiger partial charge on any atom is 0.238 e. The SMILES string of the molecule is CC.c1ccc(-c2nc(-c3ccccc3)nc(-n3c4ccc5ccccc5c4c4cccc(-c5ccc6c(c5)oc5ccc7ccccc7c56)c43)n2)cc1. The third-order valence-corrected chi connectivity index (χ3v) is 10.2. The van der Waals surface area contributed by atoms with Crippen LogP contribution in [0, 0.1) is 0 Å². The molecule has 0 aliphatic rings. The van der Waals surface area contributed by atoms with Crippen LogP contribution in [-0.4, -0.2) is 19.5 Å². The average Bonchev–Trinajstić information content (AvgIpc) is 3.81. The Morgan fingerprint density at radius 3 is 1.70 bits per heavy atom. The van der Waals surface area contributed by atoms with Gasteiger partial charge in [-0.1, -0.05) is 159 Å². The lowest BCUT2D eigenvalue weighted by Gasteiger charge is -2.13. The Balaban J connectivity index is 0.00000178. The fourth-order valence-electron chi connectivity index (χ4n) is 7.89. The minimum absolute atomic E-state index is 0.562. The van der Waals surface area contributed by atoms with Crippen LogP contribution in [0.15, 0.2) is 174 Å². The Morgan fingerprint density at radius 2 is 1.02 bits per heavy atom. The molecule has 0 saturated carbocycles. The molecule has 3 aromatic heterocycles. The molecule has 0 N–H and O–H groups in total. The summed E-state index contributed by atoms with van der Waals surface area (Å²) in [7, 11) is 0. The van der Waals surface area contributed by atoms with Crippen molar-refractivity contribution in [2.45, 2.75) is 13.8 Å². The van der Waals surface area contributed by atoms with E-state index in [1.54, 1.807) is 0 Å². The van der Waals surface area contributed by atoms with Crippen molar-refractivity contribution in [3.8, 4) is 39.9 Å². The van der Waals surface area contributed by atoms with E-state index in [-0.39, 0.29) is 0 Å². The molecular weight excluding hydrogens is 661 g/mol. The van der Waals surface area contributed by atoms with Gasteiger partial charge >= 0.3 is 0 Å². The summed E-state index contributed by atoms with van der Waals surface area (Å²) in [6, 6.07) is 59.1. The third kappa shape index (κ3) is 4.97. The van der Waals surface area contributed by atoms with Gasteiger partial charge in [0, 0.05) is 38.2 Å². The molecule has 0 aliphatic heterocycles. The normalized spacial score (nSPS) is 11.5. The van der Waals surface area contributed by atoms with Gasteiger partial charge in [0.1, 0.15) is 11.2 Å². The molecule has 5 nitrogen and oxygen atoms in total. The second-order valence-corrected chi connectivity index (χ2v) is 13.2. The summed E-state index contributed by atoms with van der Waals surface area (Å²) in [4.78, 5) is 15.4. The van der Waals surface area contributed by atoms with Gasteiger partial charge in [-0.05, 0) is 51.4 Å². The van der Waals surface area contributed by atoms with E-state index in [1.807, 2.05) is 74.5 Å². The molecule has 0 fully saturated rings. The molecule has 11 aromatic rings. The zero-order chi connectivity index (χ0) is 36.2. The van der Waals surface area contributed by atoms with Crippen molar-refractivity contribution in [1.82, 2.24) is 19.5 Å². The van der Waals surface area contributed by atoms with Crippen LogP contribution in [0.4, 0.5) is 0 Å². The monoisotopic (exact) mass is 694 g/mol. The first-order chi connectivity index (χ1) is 26.8. The zero-order valence-electron chi connectivity index (χ0n) is 29.9.